The Morgan fingerprint density at radius 2 is 1.63 bits per heavy atom. The Morgan fingerprint density at radius 3 is 2.15 bits per heavy atom. The maximum Gasteiger partial charge on any atom is 0.254 e. The van der Waals surface area contributed by atoms with Gasteiger partial charge in [0.1, 0.15) is 0 Å². The number of carbonyl (C=O) groups excluding carboxylic acids is 2. The highest BCUT2D eigenvalue weighted by Gasteiger charge is 2.29. The molecule has 2 amide bonds. The maximum atomic E-state index is 12.7. The summed E-state index contributed by atoms with van der Waals surface area (Å²) in [6.07, 6.45) is 0.866. The van der Waals surface area contributed by atoms with Crippen LogP contribution in [0, 0.1) is 5.92 Å². The molecule has 0 radical (unpaired) electrons. The van der Waals surface area contributed by atoms with Gasteiger partial charge in [-0.2, -0.15) is 0 Å². The van der Waals surface area contributed by atoms with Gasteiger partial charge in [0, 0.05) is 31.7 Å². The van der Waals surface area contributed by atoms with Crippen molar-refractivity contribution in [3.8, 4) is 11.5 Å². The van der Waals surface area contributed by atoms with Crippen LogP contribution in [0.2, 0.25) is 0 Å². The molecule has 1 heterocycles. The molecule has 1 fully saturated rings. The molecule has 2 N–H and O–H groups in total. The summed E-state index contributed by atoms with van der Waals surface area (Å²) < 4.78 is 10.5. The Kier molecular flexibility index (Phi) is 8.85. The molecular formula is C19H30ClN3O4. The zero-order valence-corrected chi connectivity index (χ0v) is 17.3. The summed E-state index contributed by atoms with van der Waals surface area (Å²) in [5.41, 5.74) is 6.59. The average Bonchev–Trinajstić information content (AvgIpc) is 2.70. The molecule has 1 aliphatic rings. The number of benzene rings is 1. The van der Waals surface area contributed by atoms with E-state index in [9.17, 15) is 9.59 Å². The lowest BCUT2D eigenvalue weighted by atomic mass is 9.98. The highest BCUT2D eigenvalue weighted by Crippen LogP contribution is 2.28. The molecule has 0 aromatic heterocycles. The summed E-state index contributed by atoms with van der Waals surface area (Å²) in [5.74, 6) is 1.14. The number of amides is 2. The first kappa shape index (κ1) is 23.0. The van der Waals surface area contributed by atoms with Crippen LogP contribution in [0.25, 0.3) is 0 Å². The standard InChI is InChI=1S/C19H29N3O4.ClH/c1-5-13(2)17(20)19(24)22-10-8-21(9-11-22)18(23)14-6-7-15(25-3)16(12-14)26-4;/h6-7,12-13,17H,5,8-11,20H2,1-4H3;1H. The van der Waals surface area contributed by atoms with Gasteiger partial charge in [0.05, 0.1) is 20.3 Å². The molecule has 1 saturated heterocycles. The van der Waals surface area contributed by atoms with Crippen LogP contribution < -0.4 is 15.2 Å². The van der Waals surface area contributed by atoms with E-state index in [4.69, 9.17) is 15.2 Å². The number of nitrogens with zero attached hydrogens (tertiary/aromatic N) is 2. The monoisotopic (exact) mass is 399 g/mol. The van der Waals surface area contributed by atoms with E-state index in [1.54, 1.807) is 35.1 Å². The highest BCUT2D eigenvalue weighted by atomic mass is 35.5. The zero-order valence-electron chi connectivity index (χ0n) is 16.4. The lowest BCUT2D eigenvalue weighted by Crippen LogP contribution is -2.55. The molecule has 0 aliphatic carbocycles. The number of piperazine rings is 1. The Hall–Kier alpha value is -1.99. The van der Waals surface area contributed by atoms with Crippen molar-refractivity contribution in [1.29, 1.82) is 0 Å². The normalized spacial score (nSPS) is 16.2. The molecule has 0 spiro atoms. The van der Waals surface area contributed by atoms with Crippen LogP contribution in [0.1, 0.15) is 30.6 Å². The van der Waals surface area contributed by atoms with Crippen LogP contribution in [-0.2, 0) is 4.79 Å². The molecule has 2 rings (SSSR count). The van der Waals surface area contributed by atoms with Gasteiger partial charge in [-0.3, -0.25) is 9.59 Å². The van der Waals surface area contributed by atoms with Gasteiger partial charge in [0.15, 0.2) is 11.5 Å². The van der Waals surface area contributed by atoms with Gasteiger partial charge < -0.3 is 25.0 Å². The number of methoxy groups -OCH3 is 2. The SMILES string of the molecule is CCC(C)C(N)C(=O)N1CCN(C(=O)c2ccc(OC)c(OC)c2)CC1.Cl. The van der Waals surface area contributed by atoms with E-state index in [0.717, 1.165) is 6.42 Å². The van der Waals surface area contributed by atoms with Crippen LogP contribution in [0.5, 0.6) is 11.5 Å². The van der Waals surface area contributed by atoms with Crippen molar-refractivity contribution < 1.29 is 19.1 Å². The minimum absolute atomic E-state index is 0. The number of hydrogen-bond donors (Lipinski definition) is 1. The van der Waals surface area contributed by atoms with E-state index >= 15 is 0 Å². The summed E-state index contributed by atoms with van der Waals surface area (Å²) in [5, 5.41) is 0. The summed E-state index contributed by atoms with van der Waals surface area (Å²) in [7, 11) is 3.09. The third-order valence-corrected chi connectivity index (χ3v) is 5.05. The minimum atomic E-state index is -0.479. The molecule has 2 unspecified atom stereocenters. The molecule has 1 aliphatic heterocycles. The van der Waals surface area contributed by atoms with Crippen LogP contribution in [0.15, 0.2) is 18.2 Å². The first-order valence-corrected chi connectivity index (χ1v) is 8.98. The zero-order chi connectivity index (χ0) is 19.3. The molecule has 1 aromatic rings. The Labute approximate surface area is 167 Å². The molecule has 0 bridgehead atoms. The first-order chi connectivity index (χ1) is 12.4. The molecule has 2 atom stereocenters. The molecule has 152 valence electrons. The molecule has 27 heavy (non-hydrogen) atoms. The van der Waals surface area contributed by atoms with Crippen LogP contribution in [0.3, 0.4) is 0 Å². The minimum Gasteiger partial charge on any atom is -0.493 e. The van der Waals surface area contributed by atoms with Crippen molar-refractivity contribution in [3.63, 3.8) is 0 Å². The summed E-state index contributed by atoms with van der Waals surface area (Å²) in [4.78, 5) is 28.7. The third-order valence-electron chi connectivity index (χ3n) is 5.05. The van der Waals surface area contributed by atoms with E-state index in [0.29, 0.717) is 43.2 Å². The lowest BCUT2D eigenvalue weighted by Gasteiger charge is -2.36. The predicted molar refractivity (Wildman–Crippen MR) is 107 cm³/mol. The highest BCUT2D eigenvalue weighted by molar-refractivity contribution is 5.95. The van der Waals surface area contributed by atoms with Crippen LogP contribution in [-0.4, -0.2) is 68.1 Å². The number of nitrogens with two attached hydrogens (primary N) is 1. The van der Waals surface area contributed by atoms with Gasteiger partial charge >= 0.3 is 0 Å². The number of ether oxygens (including phenoxy) is 2. The van der Waals surface area contributed by atoms with Crippen molar-refractivity contribution in [3.05, 3.63) is 23.8 Å². The Bertz CT molecular complexity index is 648. The van der Waals surface area contributed by atoms with Crippen molar-refractivity contribution in [2.45, 2.75) is 26.3 Å². The number of hydrogen-bond acceptors (Lipinski definition) is 5. The number of rotatable bonds is 6. The second kappa shape index (κ2) is 10.4. The predicted octanol–water partition coefficient (Wildman–Crippen LogP) is 1.78. The molecule has 0 saturated carbocycles. The fourth-order valence-corrected chi connectivity index (χ4v) is 2.99. The van der Waals surface area contributed by atoms with E-state index in [1.165, 1.54) is 7.11 Å². The van der Waals surface area contributed by atoms with Crippen LogP contribution in [0.4, 0.5) is 0 Å². The Balaban J connectivity index is 0.00000364. The van der Waals surface area contributed by atoms with Gasteiger partial charge in [0.25, 0.3) is 5.91 Å². The largest absolute Gasteiger partial charge is 0.493 e. The third kappa shape index (κ3) is 5.26. The molecule has 8 heteroatoms. The van der Waals surface area contributed by atoms with Gasteiger partial charge in [-0.25, -0.2) is 0 Å². The topological polar surface area (TPSA) is 85.1 Å². The molecule has 7 nitrogen and oxygen atoms in total. The lowest BCUT2D eigenvalue weighted by molar-refractivity contribution is -0.135. The first-order valence-electron chi connectivity index (χ1n) is 8.98. The number of halogens is 1. The number of carbonyl (C=O) groups is 2. The average molecular weight is 400 g/mol. The maximum absolute atomic E-state index is 12.7. The second-order valence-electron chi connectivity index (χ2n) is 6.60. The van der Waals surface area contributed by atoms with E-state index in [1.807, 2.05) is 13.8 Å². The van der Waals surface area contributed by atoms with Crippen molar-refractivity contribution in [2.24, 2.45) is 11.7 Å². The smallest absolute Gasteiger partial charge is 0.254 e. The molecular weight excluding hydrogens is 370 g/mol. The second-order valence-corrected chi connectivity index (χ2v) is 6.60. The molecule has 1 aromatic carbocycles. The van der Waals surface area contributed by atoms with Crippen molar-refractivity contribution in [1.82, 2.24) is 9.80 Å². The Morgan fingerprint density at radius 1 is 1.07 bits per heavy atom. The van der Waals surface area contributed by atoms with Gasteiger partial charge in [-0.15, -0.1) is 12.4 Å². The van der Waals surface area contributed by atoms with Crippen molar-refractivity contribution >= 4 is 24.2 Å². The summed E-state index contributed by atoms with van der Waals surface area (Å²) in [6, 6.07) is 4.64. The van der Waals surface area contributed by atoms with Crippen molar-refractivity contribution in [2.75, 3.05) is 40.4 Å². The van der Waals surface area contributed by atoms with Gasteiger partial charge in [0.2, 0.25) is 5.91 Å². The summed E-state index contributed by atoms with van der Waals surface area (Å²) in [6.45, 7) is 6.00. The van der Waals surface area contributed by atoms with E-state index < -0.39 is 6.04 Å². The van der Waals surface area contributed by atoms with Gasteiger partial charge in [-0.05, 0) is 24.1 Å². The fraction of sp³-hybridized carbons (Fsp3) is 0.579. The van der Waals surface area contributed by atoms with E-state index in [-0.39, 0.29) is 30.1 Å². The summed E-state index contributed by atoms with van der Waals surface area (Å²) >= 11 is 0. The van der Waals surface area contributed by atoms with E-state index in [2.05, 4.69) is 0 Å². The quantitative estimate of drug-likeness (QED) is 0.788. The van der Waals surface area contributed by atoms with Crippen LogP contribution >= 0.6 is 12.4 Å². The fourth-order valence-electron chi connectivity index (χ4n) is 2.99. The van der Waals surface area contributed by atoms with Gasteiger partial charge in [-0.1, -0.05) is 20.3 Å².